The molecule has 0 saturated heterocycles. The molecule has 0 radical (unpaired) electrons. The van der Waals surface area contributed by atoms with Crippen molar-refractivity contribution in [3.63, 3.8) is 0 Å². The van der Waals surface area contributed by atoms with Crippen LogP contribution in [0.25, 0.3) is 0 Å². The number of benzene rings is 1. The van der Waals surface area contributed by atoms with Crippen LogP contribution in [0.4, 0.5) is 11.4 Å². The molecule has 0 unspecified atom stereocenters. The molecular weight excluding hydrogens is 236 g/mol. The fourth-order valence-electron chi connectivity index (χ4n) is 1.50. The van der Waals surface area contributed by atoms with Gasteiger partial charge in [-0.15, -0.1) is 0 Å². The van der Waals surface area contributed by atoms with Crippen LogP contribution in [0, 0.1) is 0 Å². The third-order valence-electron chi connectivity index (χ3n) is 2.51. The Morgan fingerprint density at radius 2 is 1.88 bits per heavy atom. The average Bonchev–Trinajstić information content (AvgIpc) is 2.16. The molecule has 17 heavy (non-hydrogen) atoms. The van der Waals surface area contributed by atoms with E-state index in [-0.39, 0.29) is 0 Å². The second-order valence-electron chi connectivity index (χ2n) is 4.88. The van der Waals surface area contributed by atoms with Gasteiger partial charge in [0.15, 0.2) is 0 Å². The van der Waals surface area contributed by atoms with Gasteiger partial charge in [-0.25, -0.2) is 8.42 Å². The standard InChI is InChI=1S/C12H20N2O2S/c1-5-14(17(15,16)12(2,3)4)11-8-6-7-10(13)9-11/h6-9H,5,13H2,1-4H3. The SMILES string of the molecule is CCN(c1cccc(N)c1)S(=O)(=O)C(C)(C)C. The first kappa shape index (κ1) is 13.8. The zero-order valence-electron chi connectivity index (χ0n) is 10.8. The summed E-state index contributed by atoms with van der Waals surface area (Å²) in [5, 5.41) is 0. The maximum atomic E-state index is 12.4. The topological polar surface area (TPSA) is 63.4 Å². The number of sulfonamides is 1. The van der Waals surface area contributed by atoms with Crippen molar-refractivity contribution >= 4 is 21.4 Å². The first-order valence-corrected chi connectivity index (χ1v) is 7.02. The predicted octanol–water partition coefficient (Wildman–Crippen LogP) is 2.22. The average molecular weight is 256 g/mol. The van der Waals surface area contributed by atoms with E-state index in [0.29, 0.717) is 17.9 Å². The van der Waals surface area contributed by atoms with E-state index in [1.165, 1.54) is 4.31 Å². The molecule has 0 atom stereocenters. The molecule has 96 valence electrons. The molecule has 0 aliphatic rings. The summed E-state index contributed by atoms with van der Waals surface area (Å²) < 4.78 is 25.3. The maximum Gasteiger partial charge on any atom is 0.240 e. The minimum atomic E-state index is -3.38. The van der Waals surface area contributed by atoms with E-state index < -0.39 is 14.8 Å². The number of hydrogen-bond donors (Lipinski definition) is 1. The van der Waals surface area contributed by atoms with Gasteiger partial charge in [-0.3, -0.25) is 4.31 Å². The van der Waals surface area contributed by atoms with Crippen molar-refractivity contribution in [3.8, 4) is 0 Å². The molecule has 0 amide bonds. The van der Waals surface area contributed by atoms with Crippen LogP contribution >= 0.6 is 0 Å². The van der Waals surface area contributed by atoms with Crippen LogP contribution < -0.4 is 10.0 Å². The Kier molecular flexibility index (Phi) is 3.71. The van der Waals surface area contributed by atoms with Gasteiger partial charge in [-0.05, 0) is 45.9 Å². The van der Waals surface area contributed by atoms with Crippen LogP contribution in [-0.2, 0) is 10.0 Å². The number of nitrogens with two attached hydrogens (primary N) is 1. The van der Waals surface area contributed by atoms with Gasteiger partial charge < -0.3 is 5.73 Å². The van der Waals surface area contributed by atoms with Crippen molar-refractivity contribution in [1.29, 1.82) is 0 Å². The molecule has 2 N–H and O–H groups in total. The molecule has 0 aliphatic heterocycles. The summed E-state index contributed by atoms with van der Waals surface area (Å²) in [4.78, 5) is 0. The second kappa shape index (κ2) is 4.56. The highest BCUT2D eigenvalue weighted by molar-refractivity contribution is 7.94. The lowest BCUT2D eigenvalue weighted by Crippen LogP contribution is -2.43. The van der Waals surface area contributed by atoms with E-state index in [1.807, 2.05) is 6.92 Å². The van der Waals surface area contributed by atoms with E-state index in [9.17, 15) is 8.42 Å². The van der Waals surface area contributed by atoms with Gasteiger partial charge in [0.1, 0.15) is 0 Å². The van der Waals surface area contributed by atoms with Gasteiger partial charge in [-0.1, -0.05) is 6.07 Å². The third kappa shape index (κ3) is 2.72. The number of rotatable bonds is 3. The fraction of sp³-hybridized carbons (Fsp3) is 0.500. The largest absolute Gasteiger partial charge is 0.399 e. The molecule has 1 rings (SSSR count). The number of anilines is 2. The zero-order valence-corrected chi connectivity index (χ0v) is 11.6. The van der Waals surface area contributed by atoms with Crippen LogP contribution in [0.1, 0.15) is 27.7 Å². The number of hydrogen-bond acceptors (Lipinski definition) is 3. The summed E-state index contributed by atoms with van der Waals surface area (Å²) in [5.41, 5.74) is 6.86. The van der Waals surface area contributed by atoms with E-state index >= 15 is 0 Å². The Bertz CT molecular complexity index is 489. The quantitative estimate of drug-likeness (QED) is 0.843. The zero-order chi connectivity index (χ0) is 13.3. The first-order valence-electron chi connectivity index (χ1n) is 5.58. The Balaban J connectivity index is 3.27. The van der Waals surface area contributed by atoms with Crippen LogP contribution in [0.2, 0.25) is 0 Å². The Hall–Kier alpha value is -1.23. The molecule has 0 bridgehead atoms. The van der Waals surface area contributed by atoms with Crippen LogP contribution in [0.5, 0.6) is 0 Å². The van der Waals surface area contributed by atoms with Gasteiger partial charge >= 0.3 is 0 Å². The minimum absolute atomic E-state index is 0.392. The van der Waals surface area contributed by atoms with E-state index in [0.717, 1.165) is 0 Å². The number of nitrogen functional groups attached to an aromatic ring is 1. The highest BCUT2D eigenvalue weighted by atomic mass is 32.2. The van der Waals surface area contributed by atoms with Crippen molar-refractivity contribution < 1.29 is 8.42 Å². The Morgan fingerprint density at radius 1 is 1.29 bits per heavy atom. The molecule has 1 aromatic carbocycles. The molecule has 1 aromatic rings. The highest BCUT2D eigenvalue weighted by Crippen LogP contribution is 2.27. The molecule has 4 nitrogen and oxygen atoms in total. The van der Waals surface area contributed by atoms with Gasteiger partial charge in [-0.2, -0.15) is 0 Å². The van der Waals surface area contributed by atoms with Crippen LogP contribution in [0.15, 0.2) is 24.3 Å². The highest BCUT2D eigenvalue weighted by Gasteiger charge is 2.34. The predicted molar refractivity (Wildman–Crippen MR) is 72.5 cm³/mol. The summed E-state index contributed by atoms with van der Waals surface area (Å²) >= 11 is 0. The second-order valence-corrected chi connectivity index (χ2v) is 7.49. The first-order chi connectivity index (χ1) is 7.70. The maximum absolute atomic E-state index is 12.4. The van der Waals surface area contributed by atoms with Crippen LogP contribution in [-0.4, -0.2) is 19.7 Å². The van der Waals surface area contributed by atoms with E-state index in [2.05, 4.69) is 0 Å². The van der Waals surface area contributed by atoms with Gasteiger partial charge in [0.2, 0.25) is 10.0 Å². The van der Waals surface area contributed by atoms with Crippen molar-refractivity contribution in [1.82, 2.24) is 0 Å². The monoisotopic (exact) mass is 256 g/mol. The van der Waals surface area contributed by atoms with Crippen molar-refractivity contribution in [2.24, 2.45) is 0 Å². The lowest BCUT2D eigenvalue weighted by atomic mass is 10.3. The molecular formula is C12H20N2O2S. The summed E-state index contributed by atoms with van der Waals surface area (Å²) in [6.45, 7) is 7.28. The van der Waals surface area contributed by atoms with E-state index in [4.69, 9.17) is 5.73 Å². The Morgan fingerprint density at radius 3 is 2.29 bits per heavy atom. The molecule has 5 heteroatoms. The third-order valence-corrected chi connectivity index (χ3v) is 5.11. The van der Waals surface area contributed by atoms with Gasteiger partial charge in [0.25, 0.3) is 0 Å². The normalized spacial score (nSPS) is 12.5. The molecule has 0 spiro atoms. The molecule has 0 fully saturated rings. The summed E-state index contributed by atoms with van der Waals surface area (Å²) in [7, 11) is -3.38. The van der Waals surface area contributed by atoms with E-state index in [1.54, 1.807) is 45.0 Å². The molecule has 0 aliphatic carbocycles. The lowest BCUT2D eigenvalue weighted by molar-refractivity contribution is 0.556. The minimum Gasteiger partial charge on any atom is -0.399 e. The number of nitrogens with zero attached hydrogens (tertiary/aromatic N) is 1. The fourth-order valence-corrected chi connectivity index (χ4v) is 2.89. The van der Waals surface area contributed by atoms with Crippen LogP contribution in [0.3, 0.4) is 0 Å². The molecule has 0 aromatic heterocycles. The summed E-state index contributed by atoms with van der Waals surface area (Å²) in [6.07, 6.45) is 0. The van der Waals surface area contributed by atoms with Crippen molar-refractivity contribution in [3.05, 3.63) is 24.3 Å². The summed E-state index contributed by atoms with van der Waals surface area (Å²) in [6, 6.07) is 6.92. The van der Waals surface area contributed by atoms with Crippen molar-refractivity contribution in [2.75, 3.05) is 16.6 Å². The molecule has 0 saturated carbocycles. The van der Waals surface area contributed by atoms with Gasteiger partial charge in [0, 0.05) is 12.2 Å². The Labute approximate surface area is 103 Å². The lowest BCUT2D eigenvalue weighted by Gasteiger charge is -2.30. The molecule has 0 heterocycles. The van der Waals surface area contributed by atoms with Gasteiger partial charge in [0.05, 0.1) is 10.4 Å². The van der Waals surface area contributed by atoms with Crippen molar-refractivity contribution in [2.45, 2.75) is 32.4 Å². The smallest absolute Gasteiger partial charge is 0.240 e. The summed E-state index contributed by atoms with van der Waals surface area (Å²) in [5.74, 6) is 0.